The third kappa shape index (κ3) is 4.16. The average molecular weight is 310 g/mol. The standard InChI is InChI=1S/C22H30O/c1-8-23-19-14-13-16-11-9-10-12-17(16)20(19)18(22(5,6)7)15-21(2,3)4/h9-15H,8H2,1-7H3/b18-15-. The van der Waals surface area contributed by atoms with E-state index < -0.39 is 0 Å². The van der Waals surface area contributed by atoms with Gasteiger partial charge < -0.3 is 4.74 Å². The fraction of sp³-hybridized carbons (Fsp3) is 0.455. The van der Waals surface area contributed by atoms with Gasteiger partial charge in [0.15, 0.2) is 0 Å². The number of allylic oxidation sites excluding steroid dienone is 2. The monoisotopic (exact) mass is 310 g/mol. The second kappa shape index (κ2) is 6.39. The van der Waals surface area contributed by atoms with Crippen LogP contribution in [0.2, 0.25) is 0 Å². The molecule has 0 aliphatic rings. The summed E-state index contributed by atoms with van der Waals surface area (Å²) in [6, 6.07) is 12.8. The molecular weight excluding hydrogens is 280 g/mol. The summed E-state index contributed by atoms with van der Waals surface area (Å²) < 4.78 is 5.99. The van der Waals surface area contributed by atoms with E-state index in [9.17, 15) is 0 Å². The minimum absolute atomic E-state index is 0.0449. The predicted molar refractivity (Wildman–Crippen MR) is 102 cm³/mol. The van der Waals surface area contributed by atoms with E-state index in [1.807, 2.05) is 6.92 Å². The maximum Gasteiger partial charge on any atom is 0.127 e. The second-order valence-corrected chi connectivity index (χ2v) is 8.27. The Morgan fingerprint density at radius 1 is 0.957 bits per heavy atom. The van der Waals surface area contributed by atoms with Crippen molar-refractivity contribution in [1.29, 1.82) is 0 Å². The number of hydrogen-bond acceptors (Lipinski definition) is 1. The number of fused-ring (bicyclic) bond motifs is 1. The molecule has 0 saturated heterocycles. The third-order valence-corrected chi connectivity index (χ3v) is 3.85. The number of hydrogen-bond donors (Lipinski definition) is 0. The van der Waals surface area contributed by atoms with Crippen LogP contribution in [-0.4, -0.2) is 6.61 Å². The summed E-state index contributed by atoms with van der Waals surface area (Å²) in [4.78, 5) is 0. The predicted octanol–water partition coefficient (Wildman–Crippen LogP) is 6.71. The van der Waals surface area contributed by atoms with Gasteiger partial charge in [0, 0.05) is 5.56 Å². The van der Waals surface area contributed by atoms with Crippen LogP contribution in [0.1, 0.15) is 54.0 Å². The molecule has 0 atom stereocenters. The average Bonchev–Trinajstić information content (AvgIpc) is 2.43. The molecule has 0 radical (unpaired) electrons. The minimum atomic E-state index is 0.0449. The Balaban J connectivity index is 2.85. The van der Waals surface area contributed by atoms with Gasteiger partial charge in [0.25, 0.3) is 0 Å². The first-order valence-corrected chi connectivity index (χ1v) is 8.52. The summed E-state index contributed by atoms with van der Waals surface area (Å²) >= 11 is 0. The topological polar surface area (TPSA) is 9.23 Å². The first kappa shape index (κ1) is 17.6. The van der Waals surface area contributed by atoms with Crippen LogP contribution in [0.4, 0.5) is 0 Å². The van der Waals surface area contributed by atoms with E-state index in [-0.39, 0.29) is 10.8 Å². The zero-order chi connectivity index (χ0) is 17.3. The van der Waals surface area contributed by atoms with Crippen LogP contribution >= 0.6 is 0 Å². The molecule has 1 heteroatoms. The van der Waals surface area contributed by atoms with Gasteiger partial charge in [0.2, 0.25) is 0 Å². The van der Waals surface area contributed by atoms with Crippen LogP contribution in [0.25, 0.3) is 16.3 Å². The SMILES string of the molecule is CCOc1ccc2ccccc2c1/C(=C/C(C)(C)C)C(C)(C)C. The number of benzene rings is 2. The van der Waals surface area contributed by atoms with E-state index >= 15 is 0 Å². The van der Waals surface area contributed by atoms with Crippen molar-refractivity contribution in [2.45, 2.75) is 48.5 Å². The molecule has 0 unspecified atom stereocenters. The largest absolute Gasteiger partial charge is 0.493 e. The van der Waals surface area contributed by atoms with Gasteiger partial charge in [0.1, 0.15) is 5.75 Å². The molecule has 124 valence electrons. The van der Waals surface area contributed by atoms with Gasteiger partial charge in [0.05, 0.1) is 6.61 Å². The van der Waals surface area contributed by atoms with Crippen LogP contribution < -0.4 is 4.74 Å². The highest BCUT2D eigenvalue weighted by atomic mass is 16.5. The molecule has 0 aromatic heterocycles. The molecule has 2 aromatic rings. The van der Waals surface area contributed by atoms with Crippen molar-refractivity contribution in [3.63, 3.8) is 0 Å². The quantitative estimate of drug-likeness (QED) is 0.612. The molecule has 0 saturated carbocycles. The van der Waals surface area contributed by atoms with E-state index in [4.69, 9.17) is 4.74 Å². The lowest BCUT2D eigenvalue weighted by Gasteiger charge is -2.29. The molecule has 0 spiro atoms. The van der Waals surface area contributed by atoms with Crippen molar-refractivity contribution in [2.75, 3.05) is 6.61 Å². The summed E-state index contributed by atoms with van der Waals surface area (Å²) in [6.45, 7) is 16.3. The molecule has 2 rings (SSSR count). The van der Waals surface area contributed by atoms with Crippen molar-refractivity contribution in [2.24, 2.45) is 10.8 Å². The van der Waals surface area contributed by atoms with Crippen LogP contribution in [0, 0.1) is 10.8 Å². The highest BCUT2D eigenvalue weighted by molar-refractivity contribution is 5.97. The van der Waals surface area contributed by atoms with Gasteiger partial charge in [-0.1, -0.05) is 78.0 Å². The highest BCUT2D eigenvalue weighted by Gasteiger charge is 2.25. The Hall–Kier alpha value is -1.76. The Morgan fingerprint density at radius 3 is 2.17 bits per heavy atom. The maximum atomic E-state index is 5.99. The second-order valence-electron chi connectivity index (χ2n) is 8.27. The molecule has 1 nitrogen and oxygen atoms in total. The molecule has 0 N–H and O–H groups in total. The zero-order valence-electron chi connectivity index (χ0n) is 15.7. The van der Waals surface area contributed by atoms with Crippen LogP contribution in [-0.2, 0) is 0 Å². The van der Waals surface area contributed by atoms with Crippen molar-refractivity contribution in [3.8, 4) is 5.75 Å². The van der Waals surface area contributed by atoms with Crippen molar-refractivity contribution >= 4 is 16.3 Å². The van der Waals surface area contributed by atoms with Gasteiger partial charge in [-0.2, -0.15) is 0 Å². The van der Waals surface area contributed by atoms with E-state index in [1.165, 1.54) is 21.9 Å². The molecular formula is C22H30O. The summed E-state index contributed by atoms with van der Waals surface area (Å²) in [6.07, 6.45) is 2.40. The minimum Gasteiger partial charge on any atom is -0.493 e. The fourth-order valence-electron chi connectivity index (χ4n) is 2.90. The third-order valence-electron chi connectivity index (χ3n) is 3.85. The van der Waals surface area contributed by atoms with E-state index in [2.05, 4.69) is 84.0 Å². The van der Waals surface area contributed by atoms with E-state index in [0.717, 1.165) is 5.75 Å². The van der Waals surface area contributed by atoms with Gasteiger partial charge >= 0.3 is 0 Å². The van der Waals surface area contributed by atoms with Crippen LogP contribution in [0.15, 0.2) is 42.5 Å². The Kier molecular flexibility index (Phi) is 4.89. The Bertz CT molecular complexity index is 709. The lowest BCUT2D eigenvalue weighted by molar-refractivity contribution is 0.339. The molecule has 0 aliphatic heterocycles. The number of ether oxygens (including phenoxy) is 1. The molecule has 0 heterocycles. The normalized spacial score (nSPS) is 13.4. The first-order valence-electron chi connectivity index (χ1n) is 8.52. The molecule has 0 amide bonds. The lowest BCUT2D eigenvalue weighted by Crippen LogP contribution is -2.14. The molecule has 0 aliphatic carbocycles. The Labute approximate surface area is 141 Å². The van der Waals surface area contributed by atoms with E-state index in [1.54, 1.807) is 0 Å². The smallest absolute Gasteiger partial charge is 0.127 e. The summed E-state index contributed by atoms with van der Waals surface area (Å²) in [5, 5.41) is 2.53. The lowest BCUT2D eigenvalue weighted by atomic mass is 9.76. The van der Waals surface area contributed by atoms with Crippen molar-refractivity contribution < 1.29 is 4.74 Å². The first-order chi connectivity index (χ1) is 10.6. The molecule has 2 aromatic carbocycles. The summed E-state index contributed by atoms with van der Waals surface area (Å²) in [5.41, 5.74) is 2.75. The number of rotatable bonds is 3. The maximum absolute atomic E-state index is 5.99. The molecule has 23 heavy (non-hydrogen) atoms. The molecule has 0 fully saturated rings. The summed E-state index contributed by atoms with van der Waals surface area (Å²) in [5.74, 6) is 0.983. The zero-order valence-corrected chi connectivity index (χ0v) is 15.7. The van der Waals surface area contributed by atoms with Gasteiger partial charge in [-0.3, -0.25) is 0 Å². The van der Waals surface area contributed by atoms with Gasteiger partial charge in [-0.25, -0.2) is 0 Å². The van der Waals surface area contributed by atoms with Gasteiger partial charge in [-0.05, 0) is 40.2 Å². The molecule has 0 bridgehead atoms. The van der Waals surface area contributed by atoms with E-state index in [0.29, 0.717) is 6.61 Å². The van der Waals surface area contributed by atoms with Crippen molar-refractivity contribution in [1.82, 2.24) is 0 Å². The highest BCUT2D eigenvalue weighted by Crippen LogP contribution is 2.44. The van der Waals surface area contributed by atoms with Crippen LogP contribution in [0.5, 0.6) is 5.75 Å². The summed E-state index contributed by atoms with van der Waals surface area (Å²) in [7, 11) is 0. The Morgan fingerprint density at radius 2 is 1.61 bits per heavy atom. The van der Waals surface area contributed by atoms with Gasteiger partial charge in [-0.15, -0.1) is 0 Å². The fourth-order valence-corrected chi connectivity index (χ4v) is 2.90. The van der Waals surface area contributed by atoms with Crippen molar-refractivity contribution in [3.05, 3.63) is 48.0 Å². The van der Waals surface area contributed by atoms with Crippen LogP contribution in [0.3, 0.4) is 0 Å².